The van der Waals surface area contributed by atoms with Crippen LogP contribution in [0.4, 0.5) is 0 Å². The molecule has 0 radical (unpaired) electrons. The van der Waals surface area contributed by atoms with Crippen LogP contribution in [0.15, 0.2) is 29.2 Å². The van der Waals surface area contributed by atoms with E-state index >= 15 is 0 Å². The standard InChI is InChI=1S/C17H24O3S/c1-13-9-11-15(12-10-13)21(18,19)20-17-8-4-6-14-5-2-3-7-16(14)17/h9-12,14,16-17H,2-8H2,1H3/t14-,16-,17-/m0/s1. The van der Waals surface area contributed by atoms with Crippen LogP contribution in [-0.2, 0) is 14.3 Å². The SMILES string of the molecule is Cc1ccc(S(=O)(=O)O[C@H]2CCC[C@@H]3CCCC[C@@H]32)cc1. The van der Waals surface area contributed by atoms with Crippen molar-refractivity contribution in [1.29, 1.82) is 0 Å². The van der Waals surface area contributed by atoms with E-state index in [1.54, 1.807) is 12.1 Å². The van der Waals surface area contributed by atoms with Crippen molar-refractivity contribution in [2.45, 2.75) is 62.9 Å². The predicted octanol–water partition coefficient (Wildman–Crippen LogP) is 4.06. The number of fused-ring (bicyclic) bond motifs is 1. The van der Waals surface area contributed by atoms with Gasteiger partial charge in [0.1, 0.15) is 0 Å². The molecule has 2 aliphatic rings. The van der Waals surface area contributed by atoms with Crippen molar-refractivity contribution < 1.29 is 12.6 Å². The van der Waals surface area contributed by atoms with E-state index in [-0.39, 0.29) is 11.0 Å². The predicted molar refractivity (Wildman–Crippen MR) is 82.5 cm³/mol. The molecule has 0 spiro atoms. The van der Waals surface area contributed by atoms with Gasteiger partial charge >= 0.3 is 0 Å². The minimum Gasteiger partial charge on any atom is -0.263 e. The van der Waals surface area contributed by atoms with Crippen LogP contribution < -0.4 is 0 Å². The van der Waals surface area contributed by atoms with Gasteiger partial charge in [-0.15, -0.1) is 0 Å². The molecule has 1 aromatic carbocycles. The second-order valence-corrected chi connectivity index (χ2v) is 8.11. The molecule has 1 aromatic rings. The van der Waals surface area contributed by atoms with E-state index in [1.165, 1.54) is 25.7 Å². The molecule has 0 N–H and O–H groups in total. The van der Waals surface area contributed by atoms with Crippen LogP contribution in [0.3, 0.4) is 0 Å². The smallest absolute Gasteiger partial charge is 0.263 e. The molecule has 2 saturated carbocycles. The van der Waals surface area contributed by atoms with Crippen LogP contribution in [0, 0.1) is 18.8 Å². The van der Waals surface area contributed by atoms with Crippen LogP contribution in [0.25, 0.3) is 0 Å². The van der Waals surface area contributed by atoms with Gasteiger partial charge in [-0.25, -0.2) is 0 Å². The third-order valence-electron chi connectivity index (χ3n) is 5.07. The Bertz CT molecular complexity index is 575. The lowest BCUT2D eigenvalue weighted by molar-refractivity contribution is 0.0320. The summed E-state index contributed by atoms with van der Waals surface area (Å²) >= 11 is 0. The zero-order chi connectivity index (χ0) is 14.9. The molecule has 2 aliphatic carbocycles. The Morgan fingerprint density at radius 2 is 1.62 bits per heavy atom. The molecule has 116 valence electrons. The molecule has 3 atom stereocenters. The fourth-order valence-electron chi connectivity index (χ4n) is 3.92. The maximum absolute atomic E-state index is 12.5. The molecule has 21 heavy (non-hydrogen) atoms. The molecule has 0 aromatic heterocycles. The van der Waals surface area contributed by atoms with E-state index in [1.807, 2.05) is 19.1 Å². The molecule has 2 fully saturated rings. The zero-order valence-electron chi connectivity index (χ0n) is 12.6. The number of hydrogen-bond donors (Lipinski definition) is 0. The minimum atomic E-state index is -3.63. The van der Waals surface area contributed by atoms with Crippen molar-refractivity contribution in [3.05, 3.63) is 29.8 Å². The fourth-order valence-corrected chi connectivity index (χ4v) is 5.07. The van der Waals surface area contributed by atoms with Crippen LogP contribution in [0.2, 0.25) is 0 Å². The van der Waals surface area contributed by atoms with Crippen LogP contribution in [0.1, 0.15) is 50.5 Å². The highest BCUT2D eigenvalue weighted by Gasteiger charge is 2.38. The first-order chi connectivity index (χ1) is 10.1. The highest BCUT2D eigenvalue weighted by molar-refractivity contribution is 7.86. The Labute approximate surface area is 127 Å². The summed E-state index contributed by atoms with van der Waals surface area (Å²) in [4.78, 5) is 0.283. The lowest BCUT2D eigenvalue weighted by atomic mass is 9.69. The topological polar surface area (TPSA) is 43.4 Å². The third-order valence-corrected chi connectivity index (χ3v) is 6.42. The molecule has 0 unspecified atom stereocenters. The number of aryl methyl sites for hydroxylation is 1. The van der Waals surface area contributed by atoms with Gasteiger partial charge in [0.05, 0.1) is 11.0 Å². The van der Waals surface area contributed by atoms with Gasteiger partial charge < -0.3 is 0 Å². The van der Waals surface area contributed by atoms with E-state index < -0.39 is 10.1 Å². The van der Waals surface area contributed by atoms with Gasteiger partial charge in [-0.2, -0.15) is 8.42 Å². The van der Waals surface area contributed by atoms with E-state index in [2.05, 4.69) is 0 Å². The fraction of sp³-hybridized carbons (Fsp3) is 0.647. The lowest BCUT2D eigenvalue weighted by Gasteiger charge is -2.40. The number of hydrogen-bond acceptors (Lipinski definition) is 3. The van der Waals surface area contributed by atoms with Gasteiger partial charge in [-0.05, 0) is 50.2 Å². The minimum absolute atomic E-state index is 0.115. The van der Waals surface area contributed by atoms with Crippen LogP contribution in [-0.4, -0.2) is 14.5 Å². The van der Waals surface area contributed by atoms with Crippen LogP contribution >= 0.6 is 0 Å². The molecule has 0 aliphatic heterocycles. The van der Waals surface area contributed by atoms with Gasteiger partial charge in [0.15, 0.2) is 0 Å². The molecule has 0 bridgehead atoms. The summed E-state index contributed by atoms with van der Waals surface area (Å²) in [6.45, 7) is 1.95. The maximum Gasteiger partial charge on any atom is 0.297 e. The highest BCUT2D eigenvalue weighted by atomic mass is 32.2. The Hall–Kier alpha value is -0.870. The molecular formula is C17H24O3S. The normalized spacial score (nSPS) is 29.9. The summed E-state index contributed by atoms with van der Waals surface area (Å²) in [6, 6.07) is 6.93. The molecule has 4 heteroatoms. The first-order valence-corrected chi connectivity index (χ1v) is 9.47. The molecule has 0 amide bonds. The van der Waals surface area contributed by atoms with Gasteiger partial charge in [-0.3, -0.25) is 4.18 Å². The summed E-state index contributed by atoms with van der Waals surface area (Å²) in [5.74, 6) is 1.11. The van der Waals surface area contributed by atoms with E-state index in [4.69, 9.17) is 4.18 Å². The highest BCUT2D eigenvalue weighted by Crippen LogP contribution is 2.42. The van der Waals surface area contributed by atoms with E-state index in [0.717, 1.165) is 24.8 Å². The third kappa shape index (κ3) is 3.32. The molecular weight excluding hydrogens is 284 g/mol. The Kier molecular flexibility index (Phi) is 4.36. The first kappa shape index (κ1) is 15.0. The van der Waals surface area contributed by atoms with E-state index in [0.29, 0.717) is 11.8 Å². The van der Waals surface area contributed by atoms with Crippen molar-refractivity contribution in [2.24, 2.45) is 11.8 Å². The van der Waals surface area contributed by atoms with Crippen molar-refractivity contribution in [3.63, 3.8) is 0 Å². The lowest BCUT2D eigenvalue weighted by Crippen LogP contribution is -2.37. The van der Waals surface area contributed by atoms with Crippen molar-refractivity contribution in [2.75, 3.05) is 0 Å². The Morgan fingerprint density at radius 1 is 0.952 bits per heavy atom. The Morgan fingerprint density at radius 3 is 2.38 bits per heavy atom. The summed E-state index contributed by atoms with van der Waals surface area (Å²) < 4.78 is 30.6. The molecule has 3 rings (SSSR count). The number of benzene rings is 1. The van der Waals surface area contributed by atoms with Crippen molar-refractivity contribution >= 4 is 10.1 Å². The van der Waals surface area contributed by atoms with Gasteiger partial charge in [0.25, 0.3) is 10.1 Å². The van der Waals surface area contributed by atoms with E-state index in [9.17, 15) is 8.42 Å². The van der Waals surface area contributed by atoms with Gasteiger partial charge in [0.2, 0.25) is 0 Å². The second-order valence-electron chi connectivity index (χ2n) is 6.54. The monoisotopic (exact) mass is 308 g/mol. The first-order valence-electron chi connectivity index (χ1n) is 8.06. The average Bonchev–Trinajstić information content (AvgIpc) is 2.48. The number of rotatable bonds is 3. The molecule has 3 nitrogen and oxygen atoms in total. The van der Waals surface area contributed by atoms with Crippen molar-refractivity contribution in [1.82, 2.24) is 0 Å². The van der Waals surface area contributed by atoms with Gasteiger partial charge in [0, 0.05) is 0 Å². The summed E-state index contributed by atoms with van der Waals surface area (Å²) in [5, 5.41) is 0. The summed E-state index contributed by atoms with van der Waals surface area (Å²) in [6.07, 6.45) is 7.98. The Balaban J connectivity index is 1.76. The molecule has 0 saturated heterocycles. The van der Waals surface area contributed by atoms with Crippen molar-refractivity contribution in [3.8, 4) is 0 Å². The quantitative estimate of drug-likeness (QED) is 0.791. The average molecular weight is 308 g/mol. The zero-order valence-corrected chi connectivity index (χ0v) is 13.4. The summed E-state index contributed by atoms with van der Waals surface area (Å²) in [7, 11) is -3.63. The maximum atomic E-state index is 12.5. The van der Waals surface area contributed by atoms with Crippen LogP contribution in [0.5, 0.6) is 0 Å². The molecule has 0 heterocycles. The largest absolute Gasteiger partial charge is 0.297 e. The second kappa shape index (κ2) is 6.09. The van der Waals surface area contributed by atoms with Gasteiger partial charge in [-0.1, -0.05) is 43.4 Å². The summed E-state index contributed by atoms with van der Waals surface area (Å²) in [5.41, 5.74) is 1.05.